The van der Waals surface area contributed by atoms with E-state index in [-0.39, 0.29) is 0 Å². The van der Waals surface area contributed by atoms with E-state index in [1.807, 2.05) is 24.4 Å². The van der Waals surface area contributed by atoms with Crippen LogP contribution in [0.5, 0.6) is 0 Å². The highest BCUT2D eigenvalue weighted by Gasteiger charge is 2.15. The van der Waals surface area contributed by atoms with Crippen LogP contribution < -0.4 is 0 Å². The van der Waals surface area contributed by atoms with Crippen LogP contribution in [0.25, 0.3) is 55.2 Å². The van der Waals surface area contributed by atoms with E-state index >= 15 is 0 Å². The SMILES string of the molecule is c1csc(-c2nccc3[nH]c(-c4[nH]nc5ncc(-c6cnccn6)cc45)cc23)c1. The summed E-state index contributed by atoms with van der Waals surface area (Å²) in [6, 6.07) is 10.3. The van der Waals surface area contributed by atoms with Crippen molar-refractivity contribution >= 4 is 33.3 Å². The minimum absolute atomic E-state index is 0.655. The number of H-pyrrole nitrogens is 2. The fraction of sp³-hybridized carbons (Fsp3) is 0. The molecule has 0 aliphatic rings. The third-order valence-corrected chi connectivity index (χ3v) is 5.72. The van der Waals surface area contributed by atoms with Crippen LogP contribution in [0.3, 0.4) is 0 Å². The summed E-state index contributed by atoms with van der Waals surface area (Å²) in [6.07, 6.45) is 8.65. The fourth-order valence-corrected chi connectivity index (χ4v) is 4.23. The number of nitrogens with zero attached hydrogens (tertiary/aromatic N) is 5. The van der Waals surface area contributed by atoms with E-state index in [9.17, 15) is 0 Å². The summed E-state index contributed by atoms with van der Waals surface area (Å²) in [5, 5.41) is 11.6. The second-order valence-electron chi connectivity index (χ2n) is 6.57. The maximum absolute atomic E-state index is 4.60. The molecule has 2 N–H and O–H groups in total. The molecule has 0 radical (unpaired) electrons. The largest absolute Gasteiger partial charge is 0.353 e. The topological polar surface area (TPSA) is 96.0 Å². The predicted molar refractivity (Wildman–Crippen MR) is 113 cm³/mol. The molecule has 0 unspecified atom stereocenters. The lowest BCUT2D eigenvalue weighted by atomic mass is 10.1. The molecule has 8 heteroatoms. The highest BCUT2D eigenvalue weighted by Crippen LogP contribution is 2.34. The van der Waals surface area contributed by atoms with Crippen LogP contribution in [0, 0.1) is 0 Å². The number of aromatic amines is 2. The second-order valence-corrected chi connectivity index (χ2v) is 7.51. The second kappa shape index (κ2) is 6.32. The molecule has 0 spiro atoms. The van der Waals surface area contributed by atoms with Gasteiger partial charge in [0.25, 0.3) is 0 Å². The Morgan fingerprint density at radius 2 is 1.90 bits per heavy atom. The Morgan fingerprint density at radius 3 is 2.76 bits per heavy atom. The zero-order valence-corrected chi connectivity index (χ0v) is 15.8. The summed E-state index contributed by atoms with van der Waals surface area (Å²) >= 11 is 1.68. The predicted octanol–water partition coefficient (Wildman–Crippen LogP) is 4.69. The smallest absolute Gasteiger partial charge is 0.181 e. The van der Waals surface area contributed by atoms with Crippen LogP contribution in [0.15, 0.2) is 66.7 Å². The van der Waals surface area contributed by atoms with Crippen LogP contribution in [-0.4, -0.2) is 35.1 Å². The van der Waals surface area contributed by atoms with Crippen LogP contribution in [0.4, 0.5) is 0 Å². The van der Waals surface area contributed by atoms with Crippen molar-refractivity contribution in [3.63, 3.8) is 0 Å². The minimum atomic E-state index is 0.655. The number of fused-ring (bicyclic) bond motifs is 2. The average Bonchev–Trinajstić information content (AvgIpc) is 3.52. The quantitative estimate of drug-likeness (QED) is 0.453. The van der Waals surface area contributed by atoms with Gasteiger partial charge in [-0.1, -0.05) is 6.07 Å². The molecule has 0 amide bonds. The highest BCUT2D eigenvalue weighted by molar-refractivity contribution is 7.13. The molecule has 6 heterocycles. The monoisotopic (exact) mass is 395 g/mol. The Kier molecular flexibility index (Phi) is 3.50. The van der Waals surface area contributed by atoms with Gasteiger partial charge in [0.1, 0.15) is 0 Å². The molecule has 0 fully saturated rings. The molecule has 0 saturated heterocycles. The molecule has 6 aromatic heterocycles. The van der Waals surface area contributed by atoms with Gasteiger partial charge in [-0.25, -0.2) is 4.98 Å². The van der Waals surface area contributed by atoms with E-state index in [1.165, 1.54) is 0 Å². The third kappa shape index (κ3) is 2.61. The standard InChI is InChI=1S/C21H13N7S/c1-2-18(29-7-1)20-13-9-16(26-15(13)3-4-24-20)19-14-8-12(10-25-21(14)28-27-19)17-11-22-5-6-23-17/h1-11,26H,(H,25,27,28). The van der Waals surface area contributed by atoms with E-state index in [0.29, 0.717) is 5.65 Å². The van der Waals surface area contributed by atoms with Gasteiger partial charge in [-0.3, -0.25) is 20.1 Å². The summed E-state index contributed by atoms with van der Waals surface area (Å²) in [7, 11) is 0. The summed E-state index contributed by atoms with van der Waals surface area (Å²) in [5.74, 6) is 0. The molecule has 6 aromatic rings. The maximum Gasteiger partial charge on any atom is 0.181 e. The molecule has 0 atom stereocenters. The first-order valence-corrected chi connectivity index (χ1v) is 9.87. The molecule has 0 bridgehead atoms. The van der Waals surface area contributed by atoms with Gasteiger partial charge in [0, 0.05) is 46.6 Å². The first kappa shape index (κ1) is 16.1. The summed E-state index contributed by atoms with van der Waals surface area (Å²) in [6.45, 7) is 0. The Labute approximate surface area is 168 Å². The zero-order chi connectivity index (χ0) is 19.2. The number of aromatic nitrogens is 7. The molecule has 29 heavy (non-hydrogen) atoms. The number of hydrogen-bond donors (Lipinski definition) is 2. The molecule has 0 aliphatic heterocycles. The molecule has 0 aromatic carbocycles. The Balaban J connectivity index is 1.53. The van der Waals surface area contributed by atoms with Crippen molar-refractivity contribution in [2.75, 3.05) is 0 Å². The Morgan fingerprint density at radius 1 is 0.897 bits per heavy atom. The van der Waals surface area contributed by atoms with Crippen molar-refractivity contribution in [2.24, 2.45) is 0 Å². The van der Waals surface area contributed by atoms with Crippen LogP contribution in [0.2, 0.25) is 0 Å². The number of nitrogens with one attached hydrogen (secondary N) is 2. The first-order valence-electron chi connectivity index (χ1n) is 8.99. The number of rotatable bonds is 3. The molecule has 0 aliphatic carbocycles. The Hall–Kier alpha value is -3.91. The van der Waals surface area contributed by atoms with Crippen molar-refractivity contribution in [3.8, 4) is 33.2 Å². The number of pyridine rings is 2. The molecular weight excluding hydrogens is 382 g/mol. The molecule has 6 rings (SSSR count). The van der Waals surface area contributed by atoms with Crippen molar-refractivity contribution < 1.29 is 0 Å². The van der Waals surface area contributed by atoms with Gasteiger partial charge in [0.15, 0.2) is 5.65 Å². The third-order valence-electron chi connectivity index (χ3n) is 4.84. The molecule has 138 valence electrons. The average molecular weight is 395 g/mol. The van der Waals surface area contributed by atoms with Gasteiger partial charge >= 0.3 is 0 Å². The van der Waals surface area contributed by atoms with Crippen LogP contribution in [-0.2, 0) is 0 Å². The summed E-state index contributed by atoms with van der Waals surface area (Å²) < 4.78 is 0. The lowest BCUT2D eigenvalue weighted by Crippen LogP contribution is -1.86. The van der Waals surface area contributed by atoms with Crippen LogP contribution in [0.1, 0.15) is 0 Å². The van der Waals surface area contributed by atoms with Gasteiger partial charge in [0.05, 0.1) is 33.8 Å². The number of thiophene rings is 1. The van der Waals surface area contributed by atoms with E-state index in [2.05, 4.69) is 52.6 Å². The van der Waals surface area contributed by atoms with Crippen molar-refractivity contribution in [1.82, 2.24) is 35.1 Å². The van der Waals surface area contributed by atoms with Gasteiger partial charge < -0.3 is 4.98 Å². The van der Waals surface area contributed by atoms with E-state index in [4.69, 9.17) is 0 Å². The van der Waals surface area contributed by atoms with Crippen molar-refractivity contribution in [2.45, 2.75) is 0 Å². The molecular formula is C21H13N7S. The zero-order valence-electron chi connectivity index (χ0n) is 15.0. The highest BCUT2D eigenvalue weighted by atomic mass is 32.1. The molecule has 7 nitrogen and oxygen atoms in total. The van der Waals surface area contributed by atoms with E-state index < -0.39 is 0 Å². The van der Waals surface area contributed by atoms with Crippen molar-refractivity contribution in [3.05, 3.63) is 66.7 Å². The van der Waals surface area contributed by atoms with Gasteiger partial charge in [-0.05, 0) is 29.6 Å². The maximum atomic E-state index is 4.60. The van der Waals surface area contributed by atoms with E-state index in [0.717, 1.165) is 49.5 Å². The van der Waals surface area contributed by atoms with Crippen molar-refractivity contribution in [1.29, 1.82) is 0 Å². The number of hydrogen-bond acceptors (Lipinski definition) is 6. The first-order chi connectivity index (χ1) is 14.4. The lowest BCUT2D eigenvalue weighted by Gasteiger charge is -2.00. The minimum Gasteiger partial charge on any atom is -0.353 e. The van der Waals surface area contributed by atoms with E-state index in [1.54, 1.807) is 36.1 Å². The summed E-state index contributed by atoms with van der Waals surface area (Å²) in [4.78, 5) is 22.2. The van der Waals surface area contributed by atoms with Gasteiger partial charge in [-0.2, -0.15) is 5.10 Å². The van der Waals surface area contributed by atoms with Gasteiger partial charge in [0.2, 0.25) is 0 Å². The normalized spacial score (nSPS) is 11.4. The summed E-state index contributed by atoms with van der Waals surface area (Å²) in [5.41, 5.74) is 6.14. The molecule has 0 saturated carbocycles. The lowest BCUT2D eigenvalue weighted by molar-refractivity contribution is 1.10. The van der Waals surface area contributed by atoms with Gasteiger partial charge in [-0.15, -0.1) is 11.3 Å². The van der Waals surface area contributed by atoms with Crippen LogP contribution >= 0.6 is 11.3 Å². The fourth-order valence-electron chi connectivity index (χ4n) is 3.49. The Bertz CT molecular complexity index is 1450.